The van der Waals surface area contributed by atoms with Gasteiger partial charge in [-0.2, -0.15) is 0 Å². The number of nitrogens with one attached hydrogen (secondary N) is 2. The molecule has 1 amide bonds. The number of carbonyl (C=O) groups excluding carboxylic acids is 1. The van der Waals surface area contributed by atoms with Gasteiger partial charge in [0.15, 0.2) is 0 Å². The summed E-state index contributed by atoms with van der Waals surface area (Å²) in [6.45, 7) is 3.43. The molecule has 7 nitrogen and oxygen atoms in total. The number of aliphatic carboxylic acids is 1. The van der Waals surface area contributed by atoms with Crippen molar-refractivity contribution in [3.8, 4) is 5.75 Å². The van der Waals surface area contributed by atoms with Crippen LogP contribution in [0.5, 0.6) is 5.75 Å². The van der Waals surface area contributed by atoms with Crippen molar-refractivity contribution in [1.29, 1.82) is 0 Å². The third-order valence-electron chi connectivity index (χ3n) is 4.15. The summed E-state index contributed by atoms with van der Waals surface area (Å²) < 4.78 is 5.44. The molecular weight excluding hydrogens is 370 g/mol. The number of amides is 1. The van der Waals surface area contributed by atoms with Gasteiger partial charge in [0.2, 0.25) is 0 Å². The molecule has 0 spiro atoms. The predicted octanol–water partition coefficient (Wildman–Crippen LogP) is 1.97. The molecule has 8 heteroatoms. The number of hydrogen-bond donors (Lipinski definition) is 3. The van der Waals surface area contributed by atoms with Crippen LogP contribution >= 0.6 is 11.6 Å². The number of nitrogens with zero attached hydrogens (tertiary/aromatic N) is 1. The Morgan fingerprint density at radius 1 is 1.15 bits per heavy atom. The second kappa shape index (κ2) is 8.75. The highest BCUT2D eigenvalue weighted by molar-refractivity contribution is 6.33. The molecule has 0 saturated carbocycles. The Labute approximate surface area is 161 Å². The molecule has 2 aromatic rings. The van der Waals surface area contributed by atoms with Crippen LogP contribution in [0.2, 0.25) is 5.02 Å². The fraction of sp³-hybridized carbons (Fsp3) is 0.263. The smallest absolute Gasteiger partial charge is 0.366 e. The van der Waals surface area contributed by atoms with Gasteiger partial charge in [-0.25, -0.2) is 4.79 Å². The van der Waals surface area contributed by atoms with Crippen molar-refractivity contribution in [3.63, 3.8) is 0 Å². The van der Waals surface area contributed by atoms with E-state index in [2.05, 4.69) is 15.5 Å². The van der Waals surface area contributed by atoms with Gasteiger partial charge in [0, 0.05) is 37.8 Å². The lowest BCUT2D eigenvalue weighted by atomic mass is 10.2. The zero-order chi connectivity index (χ0) is 19.2. The van der Waals surface area contributed by atoms with Crippen molar-refractivity contribution >= 4 is 29.2 Å². The molecule has 0 aromatic heterocycles. The first-order chi connectivity index (χ1) is 13.0. The SMILES string of the molecule is O=C(NC(Oc1ccc(N2CCNCC2)c(Cl)c1)C(=O)O)c1ccccc1. The Morgan fingerprint density at radius 2 is 1.85 bits per heavy atom. The summed E-state index contributed by atoms with van der Waals surface area (Å²) in [6, 6.07) is 13.3. The van der Waals surface area contributed by atoms with E-state index < -0.39 is 18.1 Å². The minimum atomic E-state index is -1.53. The summed E-state index contributed by atoms with van der Waals surface area (Å²) in [7, 11) is 0. The van der Waals surface area contributed by atoms with E-state index in [1.807, 2.05) is 0 Å². The molecule has 0 bridgehead atoms. The van der Waals surface area contributed by atoms with Crippen molar-refractivity contribution in [2.75, 3.05) is 31.1 Å². The van der Waals surface area contributed by atoms with Gasteiger partial charge in [0.25, 0.3) is 12.1 Å². The van der Waals surface area contributed by atoms with E-state index in [0.29, 0.717) is 10.6 Å². The van der Waals surface area contributed by atoms with E-state index >= 15 is 0 Å². The Morgan fingerprint density at radius 3 is 2.48 bits per heavy atom. The molecule has 142 valence electrons. The highest BCUT2D eigenvalue weighted by Gasteiger charge is 2.23. The normalized spacial score (nSPS) is 15.1. The average Bonchev–Trinajstić information content (AvgIpc) is 2.69. The van der Waals surface area contributed by atoms with Crippen LogP contribution in [0.4, 0.5) is 5.69 Å². The van der Waals surface area contributed by atoms with Gasteiger partial charge in [0.1, 0.15) is 5.75 Å². The Hall–Kier alpha value is -2.77. The van der Waals surface area contributed by atoms with Crippen molar-refractivity contribution < 1.29 is 19.4 Å². The van der Waals surface area contributed by atoms with Crippen LogP contribution in [-0.4, -0.2) is 49.4 Å². The van der Waals surface area contributed by atoms with Crippen molar-refractivity contribution in [2.24, 2.45) is 0 Å². The van der Waals surface area contributed by atoms with Crippen LogP contribution in [0.1, 0.15) is 10.4 Å². The van der Waals surface area contributed by atoms with E-state index in [-0.39, 0.29) is 5.75 Å². The molecule has 3 rings (SSSR count). The molecule has 1 aliphatic heterocycles. The third-order valence-corrected chi connectivity index (χ3v) is 4.46. The van der Waals surface area contributed by atoms with Crippen LogP contribution in [0.3, 0.4) is 0 Å². The average molecular weight is 390 g/mol. The number of ether oxygens (including phenoxy) is 1. The van der Waals surface area contributed by atoms with Crippen molar-refractivity contribution in [3.05, 3.63) is 59.1 Å². The number of hydrogen-bond acceptors (Lipinski definition) is 5. The number of halogens is 1. The quantitative estimate of drug-likeness (QED) is 0.654. The summed E-state index contributed by atoms with van der Waals surface area (Å²) in [5.74, 6) is -1.58. The first kappa shape index (κ1) is 19.0. The van der Waals surface area contributed by atoms with Crippen LogP contribution < -0.4 is 20.3 Å². The zero-order valence-corrected chi connectivity index (χ0v) is 15.3. The van der Waals surface area contributed by atoms with Gasteiger partial charge >= 0.3 is 5.97 Å². The van der Waals surface area contributed by atoms with E-state index in [4.69, 9.17) is 16.3 Å². The lowest BCUT2D eigenvalue weighted by Crippen LogP contribution is -2.45. The molecule has 1 atom stereocenters. The minimum absolute atomic E-state index is 0.264. The lowest BCUT2D eigenvalue weighted by molar-refractivity contribution is -0.146. The lowest BCUT2D eigenvalue weighted by Gasteiger charge is -2.30. The molecule has 1 aliphatic rings. The first-order valence-corrected chi connectivity index (χ1v) is 8.93. The van der Waals surface area contributed by atoms with Gasteiger partial charge < -0.3 is 25.4 Å². The van der Waals surface area contributed by atoms with Crippen molar-refractivity contribution in [1.82, 2.24) is 10.6 Å². The predicted molar refractivity (Wildman–Crippen MR) is 102 cm³/mol. The monoisotopic (exact) mass is 389 g/mol. The number of carboxylic acid groups (broad SMARTS) is 1. The van der Waals surface area contributed by atoms with Crippen LogP contribution in [0.15, 0.2) is 48.5 Å². The fourth-order valence-corrected chi connectivity index (χ4v) is 3.08. The van der Waals surface area contributed by atoms with Gasteiger partial charge in [-0.15, -0.1) is 0 Å². The zero-order valence-electron chi connectivity index (χ0n) is 14.5. The topological polar surface area (TPSA) is 90.9 Å². The highest BCUT2D eigenvalue weighted by atomic mass is 35.5. The number of carboxylic acids is 1. The minimum Gasteiger partial charge on any atom is -0.477 e. The number of rotatable bonds is 6. The molecule has 2 aromatic carbocycles. The van der Waals surface area contributed by atoms with Gasteiger partial charge in [0.05, 0.1) is 10.7 Å². The van der Waals surface area contributed by atoms with E-state index in [9.17, 15) is 14.7 Å². The molecule has 1 heterocycles. The van der Waals surface area contributed by atoms with Gasteiger partial charge in [-0.1, -0.05) is 29.8 Å². The maximum atomic E-state index is 12.2. The van der Waals surface area contributed by atoms with Gasteiger partial charge in [-0.05, 0) is 24.3 Å². The number of benzene rings is 2. The highest BCUT2D eigenvalue weighted by Crippen LogP contribution is 2.30. The molecule has 3 N–H and O–H groups in total. The summed E-state index contributed by atoms with van der Waals surface area (Å²) in [6.07, 6.45) is -1.53. The third kappa shape index (κ3) is 4.90. The molecule has 27 heavy (non-hydrogen) atoms. The largest absolute Gasteiger partial charge is 0.477 e. The number of carbonyl (C=O) groups is 2. The van der Waals surface area contributed by atoms with E-state index in [1.165, 1.54) is 0 Å². The molecular formula is C19H20ClN3O4. The van der Waals surface area contributed by atoms with E-state index in [1.54, 1.807) is 48.5 Å². The second-order valence-electron chi connectivity index (χ2n) is 6.03. The summed E-state index contributed by atoms with van der Waals surface area (Å²) in [5.41, 5.74) is 1.21. The maximum Gasteiger partial charge on any atom is 0.366 e. The Bertz CT molecular complexity index is 810. The van der Waals surface area contributed by atoms with E-state index in [0.717, 1.165) is 31.9 Å². The maximum absolute atomic E-state index is 12.2. The molecule has 0 aliphatic carbocycles. The van der Waals surface area contributed by atoms with Crippen LogP contribution in [0.25, 0.3) is 0 Å². The fourth-order valence-electron chi connectivity index (χ4n) is 2.79. The Balaban J connectivity index is 1.70. The summed E-state index contributed by atoms with van der Waals surface area (Å²) >= 11 is 6.35. The Kier molecular flexibility index (Phi) is 6.16. The first-order valence-electron chi connectivity index (χ1n) is 8.55. The van der Waals surface area contributed by atoms with Crippen molar-refractivity contribution in [2.45, 2.75) is 6.23 Å². The second-order valence-corrected chi connectivity index (χ2v) is 6.43. The molecule has 1 saturated heterocycles. The van der Waals surface area contributed by atoms with Gasteiger partial charge in [-0.3, -0.25) is 4.79 Å². The molecule has 0 radical (unpaired) electrons. The molecule has 1 unspecified atom stereocenters. The number of anilines is 1. The summed E-state index contributed by atoms with van der Waals surface area (Å²) in [5, 5.41) is 15.5. The number of piperazine rings is 1. The molecule has 1 fully saturated rings. The van der Waals surface area contributed by atoms with Crippen LogP contribution in [0, 0.1) is 0 Å². The van der Waals surface area contributed by atoms with Crippen LogP contribution in [-0.2, 0) is 4.79 Å². The standard InChI is InChI=1S/C19H20ClN3O4/c20-15-12-14(6-7-16(15)23-10-8-21-9-11-23)27-18(19(25)26)22-17(24)13-4-2-1-3-5-13/h1-7,12,18,21H,8-11H2,(H,22,24)(H,25,26). The summed E-state index contributed by atoms with van der Waals surface area (Å²) in [4.78, 5) is 25.8.